The highest BCUT2D eigenvalue weighted by Crippen LogP contribution is 2.52. The third kappa shape index (κ3) is 3.90. The number of para-hydroxylation sites is 4. The largest absolute Gasteiger partial charge is 0.309 e. The van der Waals surface area contributed by atoms with E-state index in [0.717, 1.165) is 78.7 Å². The van der Waals surface area contributed by atoms with Crippen molar-refractivity contribution in [2.24, 2.45) is 0 Å². The molecule has 0 unspecified atom stereocenters. The van der Waals surface area contributed by atoms with Gasteiger partial charge in [-0.2, -0.15) is 5.26 Å². The van der Waals surface area contributed by atoms with E-state index in [-0.39, 0.29) is 0 Å². The summed E-state index contributed by atoms with van der Waals surface area (Å²) >= 11 is 0. The van der Waals surface area contributed by atoms with Crippen molar-refractivity contribution in [2.45, 2.75) is 0 Å². The molecule has 0 aromatic heterocycles. The molecule has 0 atom stereocenters. The lowest BCUT2D eigenvalue weighted by Crippen LogP contribution is -2.20. The Bertz CT molecular complexity index is 1970. The first-order valence-electron chi connectivity index (χ1n) is 14.6. The molecule has 6 aromatic carbocycles. The van der Waals surface area contributed by atoms with Crippen molar-refractivity contribution in [3.8, 4) is 17.2 Å². The van der Waals surface area contributed by atoms with Crippen LogP contribution in [0.2, 0.25) is 0 Å². The average molecular weight is 562 g/mol. The summed E-state index contributed by atoms with van der Waals surface area (Å²) < 4.78 is 0. The molecule has 0 aliphatic carbocycles. The van der Waals surface area contributed by atoms with Gasteiger partial charge in [-0.15, -0.1) is 0 Å². The Morgan fingerprint density at radius 1 is 0.432 bits per heavy atom. The zero-order valence-corrected chi connectivity index (χ0v) is 24.0. The second kappa shape index (κ2) is 10.0. The second-order valence-electron chi connectivity index (χ2n) is 11.1. The smallest absolute Gasteiger partial charge is 0.0991 e. The van der Waals surface area contributed by atoms with E-state index in [1.54, 1.807) is 0 Å². The Balaban J connectivity index is 1.43. The summed E-state index contributed by atoms with van der Waals surface area (Å²) in [6.45, 7) is 8.97. The van der Waals surface area contributed by atoms with E-state index in [0.29, 0.717) is 5.56 Å². The summed E-state index contributed by atoms with van der Waals surface area (Å²) in [4.78, 5) is 4.67. The van der Waals surface area contributed by atoms with E-state index in [2.05, 4.69) is 150 Å². The molecule has 0 fully saturated rings. The van der Waals surface area contributed by atoms with E-state index < -0.39 is 0 Å². The number of rotatable bonds is 3. The van der Waals surface area contributed by atoms with Gasteiger partial charge >= 0.3 is 0 Å². The number of fused-ring (bicyclic) bond motifs is 4. The van der Waals surface area contributed by atoms with E-state index in [1.807, 2.05) is 18.2 Å². The summed E-state index contributed by atoms with van der Waals surface area (Å²) in [5, 5.41) is 9.73. The van der Waals surface area contributed by atoms with Gasteiger partial charge in [0.25, 0.3) is 0 Å². The molecular weight excluding hydrogens is 534 g/mol. The highest BCUT2D eigenvalue weighted by atomic mass is 15.2. The van der Waals surface area contributed by atoms with Crippen molar-refractivity contribution in [1.82, 2.24) is 0 Å². The zero-order valence-electron chi connectivity index (χ0n) is 24.0. The van der Waals surface area contributed by atoms with E-state index >= 15 is 0 Å². The quantitative estimate of drug-likeness (QED) is 0.215. The van der Waals surface area contributed by atoms with Gasteiger partial charge in [-0.3, -0.25) is 0 Å². The highest BCUT2D eigenvalue weighted by Gasteiger charge is 2.30. The fourth-order valence-corrected chi connectivity index (χ4v) is 6.59. The van der Waals surface area contributed by atoms with Crippen LogP contribution in [0.5, 0.6) is 0 Å². The van der Waals surface area contributed by atoms with Crippen LogP contribution in [0.25, 0.3) is 22.3 Å². The van der Waals surface area contributed by atoms with Crippen molar-refractivity contribution in [3.63, 3.8) is 0 Å². The van der Waals surface area contributed by atoms with Crippen LogP contribution in [0.15, 0.2) is 153 Å². The van der Waals surface area contributed by atoms with Crippen LogP contribution in [0.1, 0.15) is 27.8 Å². The second-order valence-corrected chi connectivity index (χ2v) is 11.1. The van der Waals surface area contributed by atoms with Crippen molar-refractivity contribution >= 4 is 45.3 Å². The van der Waals surface area contributed by atoms with Gasteiger partial charge in [0.05, 0.1) is 34.4 Å². The summed E-state index contributed by atoms with van der Waals surface area (Å²) in [6, 6.07) is 50.7. The van der Waals surface area contributed by atoms with E-state index in [9.17, 15) is 5.26 Å². The molecule has 8 rings (SSSR count). The van der Waals surface area contributed by atoms with Crippen molar-refractivity contribution in [3.05, 3.63) is 181 Å². The Labute approximate surface area is 257 Å². The van der Waals surface area contributed by atoms with Crippen molar-refractivity contribution in [1.29, 1.82) is 5.26 Å². The van der Waals surface area contributed by atoms with Crippen LogP contribution in [0, 0.1) is 11.3 Å². The number of anilines is 6. The summed E-state index contributed by atoms with van der Waals surface area (Å²) in [5.74, 6) is 0. The SMILES string of the molecule is C=C1c2ccccc2N(c2cc(-c3cccc(C#N)c3)cc(N3c4ccccc4C(=C)c4ccccc43)c2)c2ccccc21. The predicted molar refractivity (Wildman–Crippen MR) is 182 cm³/mol. The lowest BCUT2D eigenvalue weighted by molar-refractivity contribution is 1.21. The third-order valence-corrected chi connectivity index (χ3v) is 8.62. The Morgan fingerprint density at radius 3 is 1.25 bits per heavy atom. The molecule has 206 valence electrons. The molecule has 2 aliphatic rings. The Kier molecular flexibility index (Phi) is 5.82. The molecule has 3 nitrogen and oxygen atoms in total. The van der Waals surface area contributed by atoms with Gasteiger partial charge in [0.15, 0.2) is 0 Å². The first kappa shape index (κ1) is 25.6. The summed E-state index contributed by atoms with van der Waals surface area (Å²) in [7, 11) is 0. The average Bonchev–Trinajstić information content (AvgIpc) is 3.09. The summed E-state index contributed by atoms with van der Waals surface area (Å²) in [6.07, 6.45) is 0. The lowest BCUT2D eigenvalue weighted by atomic mass is 9.89. The van der Waals surface area contributed by atoms with Crippen LogP contribution >= 0.6 is 0 Å². The van der Waals surface area contributed by atoms with Crippen LogP contribution in [0.4, 0.5) is 34.1 Å². The molecule has 0 amide bonds. The minimum absolute atomic E-state index is 0.629. The van der Waals surface area contributed by atoms with Gasteiger partial charge in [-0.25, -0.2) is 0 Å². The molecule has 3 heteroatoms. The van der Waals surface area contributed by atoms with Crippen LogP contribution in [-0.4, -0.2) is 0 Å². The highest BCUT2D eigenvalue weighted by molar-refractivity contribution is 6.03. The molecule has 2 aliphatic heterocycles. The minimum atomic E-state index is 0.629. The van der Waals surface area contributed by atoms with Crippen molar-refractivity contribution in [2.75, 3.05) is 9.80 Å². The zero-order chi connectivity index (χ0) is 29.8. The van der Waals surface area contributed by atoms with Gasteiger partial charge in [0, 0.05) is 33.6 Å². The maximum Gasteiger partial charge on any atom is 0.0991 e. The van der Waals surface area contributed by atoms with E-state index in [1.165, 1.54) is 0 Å². The number of hydrogen-bond acceptors (Lipinski definition) is 3. The molecular formula is C41H27N3. The first-order chi connectivity index (χ1) is 21.6. The van der Waals surface area contributed by atoms with Gasteiger partial charge in [-0.05, 0) is 76.9 Å². The third-order valence-electron chi connectivity index (χ3n) is 8.62. The molecule has 6 aromatic rings. The fraction of sp³-hybridized carbons (Fsp3) is 0. The number of hydrogen-bond donors (Lipinski definition) is 0. The molecule has 44 heavy (non-hydrogen) atoms. The standard InChI is InChI=1S/C41H27N3/c1-27-34-14-3-7-18-38(34)43(39-19-8-4-15-35(27)39)32-23-31(30-13-11-12-29(22-30)26-42)24-33(25-32)44-40-20-9-5-16-36(40)28(2)37-17-6-10-21-41(37)44/h3-25H,1-2H2. The fourth-order valence-electron chi connectivity index (χ4n) is 6.59. The lowest BCUT2D eigenvalue weighted by Gasteiger charge is -2.37. The molecule has 0 saturated heterocycles. The first-order valence-corrected chi connectivity index (χ1v) is 14.6. The van der Waals surface area contributed by atoms with Gasteiger partial charge in [0.2, 0.25) is 0 Å². The van der Waals surface area contributed by atoms with E-state index in [4.69, 9.17) is 0 Å². The normalized spacial score (nSPS) is 13.0. The monoisotopic (exact) mass is 561 g/mol. The minimum Gasteiger partial charge on any atom is -0.309 e. The van der Waals surface area contributed by atoms with Gasteiger partial charge < -0.3 is 9.80 Å². The van der Waals surface area contributed by atoms with Crippen LogP contribution < -0.4 is 9.80 Å². The number of nitrogens with zero attached hydrogens (tertiary/aromatic N) is 3. The maximum atomic E-state index is 9.73. The topological polar surface area (TPSA) is 30.3 Å². The molecule has 0 bridgehead atoms. The van der Waals surface area contributed by atoms with Gasteiger partial charge in [0.1, 0.15) is 0 Å². The maximum absolute atomic E-state index is 9.73. The van der Waals surface area contributed by atoms with Crippen LogP contribution in [0.3, 0.4) is 0 Å². The molecule has 0 N–H and O–H groups in total. The molecule has 0 radical (unpaired) electrons. The molecule has 0 spiro atoms. The molecule has 2 heterocycles. The predicted octanol–water partition coefficient (Wildman–Crippen LogP) is 10.9. The number of nitriles is 1. The number of benzene rings is 6. The Hall–Kier alpha value is -6.11. The van der Waals surface area contributed by atoms with Gasteiger partial charge in [-0.1, -0.05) is 98.1 Å². The van der Waals surface area contributed by atoms with Crippen LogP contribution in [-0.2, 0) is 0 Å². The summed E-state index contributed by atoms with van der Waals surface area (Å²) in [5.41, 5.74) is 15.5. The van der Waals surface area contributed by atoms with Crippen molar-refractivity contribution < 1.29 is 0 Å². The molecule has 0 saturated carbocycles. The Morgan fingerprint density at radius 2 is 0.841 bits per heavy atom.